The Labute approximate surface area is 156 Å². The first kappa shape index (κ1) is 18.4. The summed E-state index contributed by atoms with van der Waals surface area (Å²) in [6.45, 7) is 0. The highest BCUT2D eigenvalue weighted by Gasteiger charge is 2.29. The Balaban J connectivity index is 1.61. The molecule has 1 aliphatic heterocycles. The van der Waals surface area contributed by atoms with Gasteiger partial charge in [-0.05, 0) is 55.0 Å². The summed E-state index contributed by atoms with van der Waals surface area (Å²) in [5.41, 5.74) is 1.39. The summed E-state index contributed by atoms with van der Waals surface area (Å²) in [5.74, 6) is -0.583. The molecule has 0 radical (unpaired) electrons. The number of sulfone groups is 1. The monoisotopic (exact) mass is 392 g/mol. The van der Waals surface area contributed by atoms with E-state index in [1.165, 1.54) is 12.1 Å². The second kappa shape index (κ2) is 7.47. The third-order valence-corrected chi connectivity index (χ3v) is 6.10. The van der Waals surface area contributed by atoms with Crippen molar-refractivity contribution >= 4 is 38.9 Å². The third-order valence-electron chi connectivity index (χ3n) is 4.08. The van der Waals surface area contributed by atoms with Crippen LogP contribution in [0.5, 0.6) is 0 Å². The number of hydrogen-bond acceptors (Lipinski definition) is 4. The number of carbonyl (C=O) groups excluding carboxylic acids is 2. The van der Waals surface area contributed by atoms with Crippen molar-refractivity contribution in [3.05, 3.63) is 64.7 Å². The van der Waals surface area contributed by atoms with Crippen LogP contribution in [0.1, 0.15) is 27.1 Å². The van der Waals surface area contributed by atoms with Crippen molar-refractivity contribution in [3.63, 3.8) is 0 Å². The van der Waals surface area contributed by atoms with Gasteiger partial charge in [0.2, 0.25) is 0 Å². The Morgan fingerprint density at radius 1 is 0.923 bits per heavy atom. The predicted octanol–water partition coefficient (Wildman–Crippen LogP) is 2.51. The maximum Gasteiger partial charge on any atom is 0.255 e. The Kier molecular flexibility index (Phi) is 5.29. The minimum absolute atomic E-state index is 0.0275. The van der Waals surface area contributed by atoms with Crippen LogP contribution in [0.15, 0.2) is 48.5 Å². The van der Waals surface area contributed by atoms with Gasteiger partial charge in [-0.25, -0.2) is 8.42 Å². The summed E-state index contributed by atoms with van der Waals surface area (Å²) in [5, 5.41) is 6.03. The summed E-state index contributed by atoms with van der Waals surface area (Å²) < 4.78 is 22.9. The number of halogens is 1. The topological polar surface area (TPSA) is 92.3 Å². The van der Waals surface area contributed by atoms with E-state index in [2.05, 4.69) is 10.6 Å². The van der Waals surface area contributed by atoms with Crippen molar-refractivity contribution in [1.82, 2.24) is 5.32 Å². The van der Waals surface area contributed by atoms with Crippen molar-refractivity contribution in [2.24, 2.45) is 0 Å². The molecule has 0 bridgehead atoms. The fourth-order valence-corrected chi connectivity index (χ4v) is 4.49. The molecule has 1 aliphatic rings. The van der Waals surface area contributed by atoms with E-state index in [1.54, 1.807) is 36.4 Å². The van der Waals surface area contributed by atoms with Crippen molar-refractivity contribution in [3.8, 4) is 0 Å². The fraction of sp³-hybridized carbons (Fsp3) is 0.222. The lowest BCUT2D eigenvalue weighted by atomic mass is 10.1. The van der Waals surface area contributed by atoms with Crippen LogP contribution in [0.4, 0.5) is 5.69 Å². The van der Waals surface area contributed by atoms with Crippen molar-refractivity contribution in [2.75, 3.05) is 16.8 Å². The number of benzene rings is 2. The summed E-state index contributed by atoms with van der Waals surface area (Å²) >= 11 is 5.80. The van der Waals surface area contributed by atoms with Gasteiger partial charge in [-0.1, -0.05) is 11.6 Å². The molecule has 0 saturated carbocycles. The second-order valence-corrected chi connectivity index (χ2v) is 8.78. The van der Waals surface area contributed by atoms with Crippen molar-refractivity contribution < 1.29 is 18.0 Å². The summed E-state index contributed by atoms with van der Waals surface area (Å²) in [6, 6.07) is 12.5. The zero-order valence-corrected chi connectivity index (χ0v) is 15.3. The SMILES string of the molecule is O=C(Nc1ccc(Cl)cc1)c1ccc(C(=O)NC2CCS(=O)(=O)C2)cc1. The van der Waals surface area contributed by atoms with E-state index in [9.17, 15) is 18.0 Å². The van der Waals surface area contributed by atoms with E-state index in [1.807, 2.05) is 0 Å². The molecule has 3 rings (SSSR count). The number of anilines is 1. The van der Waals surface area contributed by atoms with Crippen LogP contribution in [0, 0.1) is 0 Å². The molecule has 2 aromatic rings. The molecule has 0 aromatic heterocycles. The number of carbonyl (C=O) groups is 2. The zero-order chi connectivity index (χ0) is 18.7. The first-order chi connectivity index (χ1) is 12.3. The lowest BCUT2D eigenvalue weighted by Crippen LogP contribution is -2.35. The molecule has 1 fully saturated rings. The van der Waals surface area contributed by atoms with E-state index >= 15 is 0 Å². The van der Waals surface area contributed by atoms with E-state index in [-0.39, 0.29) is 29.4 Å². The molecule has 1 atom stereocenters. The highest BCUT2D eigenvalue weighted by atomic mass is 35.5. The largest absolute Gasteiger partial charge is 0.348 e. The van der Waals surface area contributed by atoms with Gasteiger partial charge in [-0.2, -0.15) is 0 Å². The highest BCUT2D eigenvalue weighted by molar-refractivity contribution is 7.91. The maximum absolute atomic E-state index is 12.2. The lowest BCUT2D eigenvalue weighted by Gasteiger charge is -2.11. The number of hydrogen-bond donors (Lipinski definition) is 2. The lowest BCUT2D eigenvalue weighted by molar-refractivity contribution is 0.0939. The Morgan fingerprint density at radius 2 is 1.50 bits per heavy atom. The van der Waals surface area contributed by atoms with Crippen LogP contribution in [0.25, 0.3) is 0 Å². The standard InChI is InChI=1S/C18H17ClN2O4S/c19-14-5-7-15(8-6-14)20-17(22)12-1-3-13(4-2-12)18(23)21-16-9-10-26(24,25)11-16/h1-8,16H,9-11H2,(H,20,22)(H,21,23). The molecule has 1 unspecified atom stereocenters. The Hall–Kier alpha value is -2.38. The van der Waals surface area contributed by atoms with E-state index in [0.717, 1.165) is 0 Å². The average Bonchev–Trinajstić information content (AvgIpc) is 2.95. The van der Waals surface area contributed by atoms with Crippen LogP contribution >= 0.6 is 11.6 Å². The molecular formula is C18H17ClN2O4S. The van der Waals surface area contributed by atoms with Gasteiger partial charge in [0, 0.05) is 27.9 Å². The fourth-order valence-electron chi connectivity index (χ4n) is 2.69. The van der Waals surface area contributed by atoms with Crippen LogP contribution in [-0.2, 0) is 9.84 Å². The second-order valence-electron chi connectivity index (χ2n) is 6.11. The molecule has 0 spiro atoms. The van der Waals surface area contributed by atoms with Gasteiger partial charge in [0.05, 0.1) is 11.5 Å². The molecule has 2 N–H and O–H groups in total. The third kappa shape index (κ3) is 4.62. The van der Waals surface area contributed by atoms with Crippen LogP contribution in [0.3, 0.4) is 0 Å². The van der Waals surface area contributed by atoms with Gasteiger partial charge in [-0.3, -0.25) is 9.59 Å². The van der Waals surface area contributed by atoms with Gasteiger partial charge in [0.1, 0.15) is 0 Å². The Morgan fingerprint density at radius 3 is 2.04 bits per heavy atom. The van der Waals surface area contributed by atoms with Crippen molar-refractivity contribution in [1.29, 1.82) is 0 Å². The summed E-state index contributed by atoms with van der Waals surface area (Å²) in [6.07, 6.45) is 0.426. The summed E-state index contributed by atoms with van der Waals surface area (Å²) in [4.78, 5) is 24.4. The molecule has 1 saturated heterocycles. The zero-order valence-electron chi connectivity index (χ0n) is 13.7. The van der Waals surface area contributed by atoms with E-state index in [0.29, 0.717) is 28.3 Å². The predicted molar refractivity (Wildman–Crippen MR) is 100 cm³/mol. The van der Waals surface area contributed by atoms with Crippen LogP contribution < -0.4 is 10.6 Å². The molecule has 8 heteroatoms. The van der Waals surface area contributed by atoms with Gasteiger partial charge in [-0.15, -0.1) is 0 Å². The van der Waals surface area contributed by atoms with Crippen LogP contribution in [0.2, 0.25) is 5.02 Å². The minimum atomic E-state index is -3.05. The average molecular weight is 393 g/mol. The molecule has 1 heterocycles. The van der Waals surface area contributed by atoms with E-state index in [4.69, 9.17) is 11.6 Å². The molecule has 2 aromatic carbocycles. The number of nitrogens with one attached hydrogen (secondary N) is 2. The highest BCUT2D eigenvalue weighted by Crippen LogP contribution is 2.15. The molecule has 6 nitrogen and oxygen atoms in total. The molecule has 26 heavy (non-hydrogen) atoms. The van der Waals surface area contributed by atoms with Gasteiger partial charge in [0.15, 0.2) is 9.84 Å². The normalized spacial score (nSPS) is 18.3. The smallest absolute Gasteiger partial charge is 0.255 e. The number of rotatable bonds is 4. The minimum Gasteiger partial charge on any atom is -0.348 e. The van der Waals surface area contributed by atoms with Gasteiger partial charge >= 0.3 is 0 Å². The van der Waals surface area contributed by atoms with Crippen molar-refractivity contribution in [2.45, 2.75) is 12.5 Å². The molecule has 0 aliphatic carbocycles. The molecule has 2 amide bonds. The van der Waals surface area contributed by atoms with Gasteiger partial charge < -0.3 is 10.6 Å². The summed E-state index contributed by atoms with van der Waals surface area (Å²) in [7, 11) is -3.05. The Bertz CT molecular complexity index is 925. The van der Waals surface area contributed by atoms with Gasteiger partial charge in [0.25, 0.3) is 11.8 Å². The first-order valence-electron chi connectivity index (χ1n) is 8.01. The number of amides is 2. The van der Waals surface area contributed by atoms with Crippen LogP contribution in [-0.4, -0.2) is 37.8 Å². The quantitative estimate of drug-likeness (QED) is 0.836. The first-order valence-corrected chi connectivity index (χ1v) is 10.2. The molecular weight excluding hydrogens is 376 g/mol. The maximum atomic E-state index is 12.2. The van der Waals surface area contributed by atoms with E-state index < -0.39 is 9.84 Å². The molecule has 136 valence electrons.